The van der Waals surface area contributed by atoms with Crippen molar-refractivity contribution in [2.75, 3.05) is 5.73 Å². The molecule has 0 aliphatic carbocycles. The van der Waals surface area contributed by atoms with Crippen molar-refractivity contribution in [3.05, 3.63) is 29.8 Å². The van der Waals surface area contributed by atoms with Crippen LogP contribution in [0.1, 0.15) is 52.0 Å². The fraction of sp³-hybridized carbons (Fsp3) is 0.600. The zero-order chi connectivity index (χ0) is 13.6. The molecule has 1 aliphatic rings. The Labute approximate surface area is 113 Å². The van der Waals surface area contributed by atoms with E-state index < -0.39 is 11.2 Å². The Kier molecular flexibility index (Phi) is 3.41. The third-order valence-corrected chi connectivity index (χ3v) is 6.23. The predicted molar refractivity (Wildman–Crippen MR) is 79.1 cm³/mol. The van der Waals surface area contributed by atoms with Gasteiger partial charge in [0.2, 0.25) is 0 Å². The van der Waals surface area contributed by atoms with Gasteiger partial charge in [0.1, 0.15) is 9.49 Å². The summed E-state index contributed by atoms with van der Waals surface area (Å²) in [6.45, 7) is 8.48. The number of nitrogen functional groups attached to an aromatic ring is 1. The molecule has 0 radical (unpaired) electrons. The molecule has 2 N–H and O–H groups in total. The van der Waals surface area contributed by atoms with Crippen molar-refractivity contribution in [1.29, 1.82) is 0 Å². The van der Waals surface area contributed by atoms with E-state index in [-0.39, 0.29) is 9.49 Å². The topological polar surface area (TPSA) is 49.1 Å². The molecule has 0 spiro atoms. The van der Waals surface area contributed by atoms with Gasteiger partial charge >= 0.3 is 0 Å². The van der Waals surface area contributed by atoms with Gasteiger partial charge in [-0.1, -0.05) is 12.1 Å². The van der Waals surface area contributed by atoms with Crippen LogP contribution in [0.15, 0.2) is 24.3 Å². The molecule has 1 fully saturated rings. The summed E-state index contributed by atoms with van der Waals surface area (Å²) in [5, 5.41) is 0. The fourth-order valence-electron chi connectivity index (χ4n) is 3.16. The third kappa shape index (κ3) is 2.52. The molecule has 18 heavy (non-hydrogen) atoms. The van der Waals surface area contributed by atoms with Crippen LogP contribution < -0.4 is 5.73 Å². The van der Waals surface area contributed by atoms with Crippen LogP contribution in [0.2, 0.25) is 0 Å². The van der Waals surface area contributed by atoms with Crippen LogP contribution in [0.25, 0.3) is 0 Å². The summed E-state index contributed by atoms with van der Waals surface area (Å²) in [6, 6.07) is 8.14. The quantitative estimate of drug-likeness (QED) is 0.624. The lowest BCUT2D eigenvalue weighted by Crippen LogP contribution is -2.51. The van der Waals surface area contributed by atoms with Crippen molar-refractivity contribution >= 4 is 16.9 Å². The Balaban J connectivity index is 2.28. The maximum Gasteiger partial charge on any atom is 0.121 e. The normalized spacial score (nSPS) is 30.1. The van der Waals surface area contributed by atoms with E-state index >= 15 is 0 Å². The first-order valence-corrected chi connectivity index (χ1v) is 7.65. The summed E-state index contributed by atoms with van der Waals surface area (Å²) in [4.78, 5) is 0. The van der Waals surface area contributed by atoms with Crippen molar-refractivity contribution in [1.82, 2.24) is 0 Å². The molecule has 0 bridgehead atoms. The molecule has 1 saturated heterocycles. The first-order valence-electron chi connectivity index (χ1n) is 6.50. The third-order valence-electron chi connectivity index (χ3n) is 3.89. The summed E-state index contributed by atoms with van der Waals surface area (Å²) in [7, 11) is 0. The lowest BCUT2D eigenvalue weighted by molar-refractivity contribution is 0.378. The molecule has 0 saturated carbocycles. The van der Waals surface area contributed by atoms with Crippen molar-refractivity contribution < 1.29 is 4.55 Å². The second-order valence-electron chi connectivity index (χ2n) is 6.56. The Morgan fingerprint density at radius 1 is 1.06 bits per heavy atom. The van der Waals surface area contributed by atoms with Crippen LogP contribution in [0, 0.1) is 0 Å². The largest absolute Gasteiger partial charge is 0.616 e. The van der Waals surface area contributed by atoms with Crippen molar-refractivity contribution in [2.24, 2.45) is 0 Å². The van der Waals surface area contributed by atoms with E-state index in [1.54, 1.807) is 0 Å². The molecule has 0 amide bonds. The Morgan fingerprint density at radius 2 is 1.50 bits per heavy atom. The minimum absolute atomic E-state index is 0.117. The van der Waals surface area contributed by atoms with Crippen LogP contribution in [0.4, 0.5) is 5.69 Å². The minimum atomic E-state index is -0.784. The molecule has 1 aliphatic heterocycles. The smallest absolute Gasteiger partial charge is 0.121 e. The fourth-order valence-corrected chi connectivity index (χ4v) is 5.36. The van der Waals surface area contributed by atoms with Gasteiger partial charge in [-0.25, -0.2) is 0 Å². The highest BCUT2D eigenvalue weighted by Gasteiger charge is 2.50. The summed E-state index contributed by atoms with van der Waals surface area (Å²) in [6.07, 6.45) is 1.96. The number of nitrogens with two attached hydrogens (primary N) is 1. The van der Waals surface area contributed by atoms with Crippen LogP contribution in [0.3, 0.4) is 0 Å². The second kappa shape index (κ2) is 4.46. The van der Waals surface area contributed by atoms with Crippen LogP contribution >= 0.6 is 0 Å². The summed E-state index contributed by atoms with van der Waals surface area (Å²) >= 11 is -0.784. The first-order chi connectivity index (χ1) is 8.22. The first kappa shape index (κ1) is 13.8. The molecule has 1 aromatic rings. The van der Waals surface area contributed by atoms with E-state index in [9.17, 15) is 4.55 Å². The predicted octanol–water partition coefficient (Wildman–Crippen LogP) is 3.45. The maximum absolute atomic E-state index is 12.5. The highest BCUT2D eigenvalue weighted by atomic mass is 32.2. The van der Waals surface area contributed by atoms with Crippen LogP contribution in [-0.4, -0.2) is 14.0 Å². The lowest BCUT2D eigenvalue weighted by Gasteiger charge is -2.46. The van der Waals surface area contributed by atoms with Crippen LogP contribution in [0.5, 0.6) is 0 Å². The van der Waals surface area contributed by atoms with Gasteiger partial charge in [-0.05, 0) is 62.5 Å². The van der Waals surface area contributed by atoms with E-state index in [2.05, 4.69) is 39.8 Å². The molecule has 2 nitrogen and oxygen atoms in total. The molecule has 0 unspecified atom stereocenters. The SMILES string of the molecule is CC1(C)CC(c2ccc(N)cc2)CC(C)(C)[S+]1[O-]. The number of rotatable bonds is 1. The van der Waals surface area contributed by atoms with E-state index in [1.807, 2.05) is 12.1 Å². The summed E-state index contributed by atoms with van der Waals surface area (Å²) in [5.74, 6) is 0.480. The Morgan fingerprint density at radius 3 is 1.94 bits per heavy atom. The number of hydrogen-bond donors (Lipinski definition) is 1. The molecule has 1 aromatic carbocycles. The van der Waals surface area contributed by atoms with Gasteiger partial charge < -0.3 is 10.3 Å². The van der Waals surface area contributed by atoms with Gasteiger partial charge in [0.15, 0.2) is 0 Å². The van der Waals surface area contributed by atoms with Gasteiger partial charge in [-0.2, -0.15) is 0 Å². The van der Waals surface area contributed by atoms with Crippen molar-refractivity contribution in [3.63, 3.8) is 0 Å². The zero-order valence-electron chi connectivity index (χ0n) is 11.7. The van der Waals surface area contributed by atoms with Gasteiger partial charge in [0, 0.05) is 18.5 Å². The minimum Gasteiger partial charge on any atom is -0.616 e. The molecule has 1 heterocycles. The number of benzene rings is 1. The van der Waals surface area contributed by atoms with Gasteiger partial charge in [0.25, 0.3) is 0 Å². The monoisotopic (exact) mass is 265 g/mol. The Hall–Kier alpha value is -0.670. The molecular weight excluding hydrogens is 242 g/mol. The van der Waals surface area contributed by atoms with Gasteiger partial charge in [0.05, 0.1) is 0 Å². The summed E-state index contributed by atoms with van der Waals surface area (Å²) in [5.41, 5.74) is 7.86. The van der Waals surface area contributed by atoms with Crippen molar-refractivity contribution in [2.45, 2.75) is 55.9 Å². The molecule has 0 aromatic heterocycles. The van der Waals surface area contributed by atoms with E-state index in [0.717, 1.165) is 18.5 Å². The zero-order valence-corrected chi connectivity index (χ0v) is 12.5. The van der Waals surface area contributed by atoms with E-state index in [0.29, 0.717) is 5.92 Å². The van der Waals surface area contributed by atoms with E-state index in [1.165, 1.54) is 5.56 Å². The highest BCUT2D eigenvalue weighted by molar-refractivity contribution is 7.94. The Bertz CT molecular complexity index is 407. The number of hydrogen-bond acceptors (Lipinski definition) is 2. The number of anilines is 1. The second-order valence-corrected chi connectivity index (χ2v) is 9.31. The average Bonchev–Trinajstić information content (AvgIpc) is 2.26. The van der Waals surface area contributed by atoms with Gasteiger partial charge in [-0.3, -0.25) is 0 Å². The molecule has 3 heteroatoms. The highest BCUT2D eigenvalue weighted by Crippen LogP contribution is 2.47. The maximum atomic E-state index is 12.5. The summed E-state index contributed by atoms with van der Waals surface area (Å²) < 4.78 is 12.3. The average molecular weight is 265 g/mol. The van der Waals surface area contributed by atoms with Gasteiger partial charge in [-0.15, -0.1) is 0 Å². The van der Waals surface area contributed by atoms with Crippen LogP contribution in [-0.2, 0) is 11.2 Å². The van der Waals surface area contributed by atoms with E-state index in [4.69, 9.17) is 5.73 Å². The van der Waals surface area contributed by atoms with Crippen molar-refractivity contribution in [3.8, 4) is 0 Å². The lowest BCUT2D eigenvalue weighted by atomic mass is 9.82. The molecule has 100 valence electrons. The standard InChI is InChI=1S/C15H23NOS/c1-14(2)9-12(10-15(3,4)18(14)17)11-5-7-13(16)8-6-11/h5-8,12H,9-10,16H2,1-4H3. The molecule has 0 atom stereocenters. The molecular formula is C15H23NOS. The molecule has 2 rings (SSSR count).